The Balaban J connectivity index is 0.734. The fourth-order valence-electron chi connectivity index (χ4n) is 9.78. The van der Waals surface area contributed by atoms with Gasteiger partial charge >= 0.3 is 0 Å². The summed E-state index contributed by atoms with van der Waals surface area (Å²) in [5.74, 6) is -2.28. The number of anilines is 3. The van der Waals surface area contributed by atoms with E-state index in [9.17, 15) is 19.2 Å². The first-order chi connectivity index (χ1) is 27.5. The standard InChI is InChI=1S/C41H44ClFN10O4/c1-25-18-41(24-52(25)26-3-4-33(44-2)31(42)15-26)7-9-49(10-8-41)27-19-45-36(46-20-27)23-48-21-28(22-48)50-11-13-51(14-12-50)35-17-30-29(16-32(35)43)39(56)53(40(30)57)34-5-6-37(54)47-38(34)55/h3-4,15-17,19-20,25,28,34H,5-14,18,21-24H2,1H3,(H,47,54,55)/t25-,34?/m0/s1. The molecular formula is C41H44ClFN10O4. The molecule has 16 heteroatoms. The average Bonchev–Trinajstić information content (AvgIpc) is 3.63. The number of rotatable bonds is 7. The summed E-state index contributed by atoms with van der Waals surface area (Å²) < 4.78 is 15.4. The normalized spacial score (nSPS) is 24.2. The lowest BCUT2D eigenvalue weighted by molar-refractivity contribution is -0.136. The molecule has 2 atom stereocenters. The van der Waals surface area contributed by atoms with E-state index in [0.717, 1.165) is 93.2 Å². The van der Waals surface area contributed by atoms with Crippen molar-refractivity contribution in [2.75, 3.05) is 73.6 Å². The number of likely N-dealkylation sites (tertiary alicyclic amines) is 1. The summed E-state index contributed by atoms with van der Waals surface area (Å²) in [5.41, 5.74) is 3.18. The fraction of sp³-hybridized carbons (Fsp3) is 0.488. The maximum Gasteiger partial charge on any atom is 0.262 e. The highest BCUT2D eigenvalue weighted by Crippen LogP contribution is 2.46. The van der Waals surface area contributed by atoms with E-state index in [2.05, 4.69) is 36.7 Å². The molecule has 3 aromatic rings. The van der Waals surface area contributed by atoms with E-state index < -0.39 is 35.5 Å². The number of fused-ring (bicyclic) bond motifs is 1. The quantitative estimate of drug-likeness (QED) is 0.274. The third-order valence-corrected chi connectivity index (χ3v) is 13.3. The lowest BCUT2D eigenvalue weighted by Crippen LogP contribution is -2.62. The lowest BCUT2D eigenvalue weighted by atomic mass is 9.76. The van der Waals surface area contributed by atoms with Gasteiger partial charge < -0.3 is 14.7 Å². The SMILES string of the molecule is [C-]#[N+]c1ccc(N2CC3(CCN(c4cnc(CN5CC(N6CCN(c7cc8c(cc7F)C(=O)N(C7CCC(=O)NC7=O)C8=O)CC6)C5)nc4)CC3)C[C@@H]2C)cc1Cl. The monoisotopic (exact) mass is 794 g/mol. The number of carbonyl (C=O) groups is 4. The van der Waals surface area contributed by atoms with E-state index in [1.807, 2.05) is 35.5 Å². The Morgan fingerprint density at radius 3 is 2.30 bits per heavy atom. The molecule has 5 saturated heterocycles. The smallest absolute Gasteiger partial charge is 0.262 e. The lowest BCUT2D eigenvalue weighted by Gasteiger charge is -2.48. The van der Waals surface area contributed by atoms with Crippen molar-refractivity contribution in [1.82, 2.24) is 30.0 Å². The van der Waals surface area contributed by atoms with E-state index in [-0.39, 0.29) is 35.1 Å². The van der Waals surface area contributed by atoms with Gasteiger partial charge in [0.05, 0.1) is 48.0 Å². The second kappa shape index (κ2) is 14.6. The molecule has 0 bridgehead atoms. The van der Waals surface area contributed by atoms with E-state index in [1.54, 1.807) is 0 Å². The van der Waals surface area contributed by atoms with Crippen LogP contribution in [0.1, 0.15) is 65.6 Å². The van der Waals surface area contributed by atoms with Crippen molar-refractivity contribution in [1.29, 1.82) is 0 Å². The maximum atomic E-state index is 15.4. The molecule has 0 saturated carbocycles. The largest absolute Gasteiger partial charge is 0.369 e. The molecule has 14 nitrogen and oxygen atoms in total. The van der Waals surface area contributed by atoms with Crippen LogP contribution in [-0.2, 0) is 16.1 Å². The number of imide groups is 2. The zero-order valence-electron chi connectivity index (χ0n) is 31.8. The highest BCUT2D eigenvalue weighted by atomic mass is 35.5. The van der Waals surface area contributed by atoms with Crippen molar-refractivity contribution in [3.05, 3.63) is 81.9 Å². The van der Waals surface area contributed by atoms with Crippen LogP contribution in [0.25, 0.3) is 4.85 Å². The molecular weight excluding hydrogens is 751 g/mol. The van der Waals surface area contributed by atoms with Crippen LogP contribution in [0.3, 0.4) is 0 Å². The van der Waals surface area contributed by atoms with Gasteiger partial charge in [0, 0.05) is 88.1 Å². The number of piperidine rings is 2. The van der Waals surface area contributed by atoms with Crippen molar-refractivity contribution in [2.24, 2.45) is 5.41 Å². The molecule has 1 aromatic heterocycles. The van der Waals surface area contributed by atoms with Crippen LogP contribution in [0.2, 0.25) is 5.02 Å². The van der Waals surface area contributed by atoms with Crippen LogP contribution < -0.4 is 20.0 Å². The van der Waals surface area contributed by atoms with Crippen LogP contribution in [0.15, 0.2) is 42.7 Å². The second-order valence-electron chi connectivity index (χ2n) is 16.4. The third-order valence-electron chi connectivity index (χ3n) is 13.0. The van der Waals surface area contributed by atoms with Crippen molar-refractivity contribution >= 4 is 58.0 Å². The van der Waals surface area contributed by atoms with E-state index in [1.165, 1.54) is 6.07 Å². The summed E-state index contributed by atoms with van der Waals surface area (Å²) in [6.45, 7) is 17.6. The Morgan fingerprint density at radius 1 is 0.930 bits per heavy atom. The molecule has 0 aliphatic carbocycles. The Morgan fingerprint density at radius 2 is 1.63 bits per heavy atom. The number of hydrogen-bond acceptors (Lipinski definition) is 11. The molecule has 5 fully saturated rings. The fourth-order valence-corrected chi connectivity index (χ4v) is 9.99. The first-order valence-corrected chi connectivity index (χ1v) is 20.1. The second-order valence-corrected chi connectivity index (χ2v) is 16.8. The first kappa shape index (κ1) is 37.4. The number of carbonyl (C=O) groups excluding carboxylic acids is 4. The predicted octanol–water partition coefficient (Wildman–Crippen LogP) is 4.11. The molecule has 296 valence electrons. The van der Waals surface area contributed by atoms with Gasteiger partial charge in [-0.2, -0.15) is 0 Å². The molecule has 7 heterocycles. The molecule has 2 aromatic carbocycles. The van der Waals surface area contributed by atoms with E-state index in [0.29, 0.717) is 42.4 Å². The molecule has 1 spiro atoms. The van der Waals surface area contributed by atoms with Gasteiger partial charge in [0.25, 0.3) is 11.8 Å². The predicted molar refractivity (Wildman–Crippen MR) is 211 cm³/mol. The molecule has 1 unspecified atom stereocenters. The average molecular weight is 795 g/mol. The summed E-state index contributed by atoms with van der Waals surface area (Å²) in [6.07, 6.45) is 7.31. The minimum atomic E-state index is -1.09. The maximum absolute atomic E-state index is 15.4. The van der Waals surface area contributed by atoms with Crippen LogP contribution in [0, 0.1) is 17.8 Å². The third kappa shape index (κ3) is 6.87. The highest BCUT2D eigenvalue weighted by Gasteiger charge is 2.46. The zero-order chi connectivity index (χ0) is 39.6. The number of piperazine rings is 1. The van der Waals surface area contributed by atoms with Crippen LogP contribution in [0.4, 0.5) is 27.1 Å². The van der Waals surface area contributed by atoms with Gasteiger partial charge in [-0.05, 0) is 62.3 Å². The minimum absolute atomic E-state index is 0.0228. The topological polar surface area (TPSA) is 130 Å². The summed E-state index contributed by atoms with van der Waals surface area (Å²) in [5, 5.41) is 2.69. The number of benzene rings is 2. The first-order valence-electron chi connectivity index (χ1n) is 19.8. The Labute approximate surface area is 335 Å². The van der Waals surface area contributed by atoms with Gasteiger partial charge in [-0.3, -0.25) is 39.2 Å². The number of halogens is 2. The van der Waals surface area contributed by atoms with E-state index in [4.69, 9.17) is 28.1 Å². The summed E-state index contributed by atoms with van der Waals surface area (Å²) in [7, 11) is 0. The minimum Gasteiger partial charge on any atom is -0.369 e. The Bertz CT molecular complexity index is 2180. The van der Waals surface area contributed by atoms with Gasteiger partial charge in [0.2, 0.25) is 17.5 Å². The number of amides is 4. The van der Waals surface area contributed by atoms with Gasteiger partial charge in [-0.1, -0.05) is 17.7 Å². The molecule has 1 N–H and O–H groups in total. The molecule has 6 aliphatic heterocycles. The summed E-state index contributed by atoms with van der Waals surface area (Å²) in [4.78, 5) is 75.8. The van der Waals surface area contributed by atoms with Gasteiger partial charge in [0.1, 0.15) is 17.7 Å². The molecule has 57 heavy (non-hydrogen) atoms. The van der Waals surface area contributed by atoms with Gasteiger partial charge in [-0.25, -0.2) is 19.2 Å². The van der Waals surface area contributed by atoms with Crippen molar-refractivity contribution in [3.8, 4) is 0 Å². The van der Waals surface area contributed by atoms with Crippen molar-refractivity contribution < 1.29 is 23.6 Å². The number of nitrogens with zero attached hydrogens (tertiary/aromatic N) is 9. The van der Waals surface area contributed by atoms with Crippen molar-refractivity contribution in [2.45, 2.75) is 63.7 Å². The van der Waals surface area contributed by atoms with Gasteiger partial charge in [0.15, 0.2) is 0 Å². The van der Waals surface area contributed by atoms with Crippen LogP contribution in [-0.4, -0.2) is 125 Å². The van der Waals surface area contributed by atoms with Crippen LogP contribution >= 0.6 is 11.6 Å². The van der Waals surface area contributed by atoms with Gasteiger partial charge in [-0.15, -0.1) is 0 Å². The highest BCUT2D eigenvalue weighted by molar-refractivity contribution is 6.33. The van der Waals surface area contributed by atoms with Crippen molar-refractivity contribution in [3.63, 3.8) is 0 Å². The molecule has 6 aliphatic rings. The molecule has 9 rings (SSSR count). The number of nitrogens with one attached hydrogen (secondary N) is 1. The van der Waals surface area contributed by atoms with Crippen LogP contribution in [0.5, 0.6) is 0 Å². The summed E-state index contributed by atoms with van der Waals surface area (Å²) in [6, 6.07) is 8.00. The van der Waals surface area contributed by atoms with E-state index >= 15 is 4.39 Å². The molecule has 0 radical (unpaired) electrons. The number of hydrogen-bond donors (Lipinski definition) is 1. The Hall–Kier alpha value is -5.17. The summed E-state index contributed by atoms with van der Waals surface area (Å²) >= 11 is 6.37. The Kier molecular flexibility index (Phi) is 9.61. The molecule has 4 amide bonds. The number of aromatic nitrogens is 2. The zero-order valence-corrected chi connectivity index (χ0v) is 32.5.